The Morgan fingerprint density at radius 2 is 1.68 bits per heavy atom. The summed E-state index contributed by atoms with van der Waals surface area (Å²) in [6, 6.07) is 1.01. The number of aliphatic carboxylic acids is 1. The van der Waals surface area contributed by atoms with E-state index < -0.39 is 5.97 Å². The number of likely N-dealkylation sites (tertiary alicyclic amines) is 1. The fourth-order valence-electron chi connectivity index (χ4n) is 4.75. The number of hydrogen-bond donors (Lipinski definition) is 2. The molecule has 2 saturated carbocycles. The van der Waals surface area contributed by atoms with Gasteiger partial charge in [-0.25, -0.2) is 0 Å². The van der Waals surface area contributed by atoms with Crippen LogP contribution in [0, 0.1) is 11.8 Å². The Hall–Kier alpha value is -0.610. The molecular formula is C18H32N2O2. The van der Waals surface area contributed by atoms with Crippen LogP contribution in [0.5, 0.6) is 0 Å². The van der Waals surface area contributed by atoms with Crippen molar-refractivity contribution in [1.29, 1.82) is 0 Å². The van der Waals surface area contributed by atoms with Crippen molar-refractivity contribution in [3.05, 3.63) is 0 Å². The molecule has 0 aromatic rings. The molecule has 1 aliphatic heterocycles. The number of carbonyl (C=O) groups is 1. The highest BCUT2D eigenvalue weighted by atomic mass is 16.4. The molecule has 0 amide bonds. The van der Waals surface area contributed by atoms with Gasteiger partial charge in [-0.2, -0.15) is 0 Å². The fraction of sp³-hybridized carbons (Fsp3) is 0.944. The van der Waals surface area contributed by atoms with Gasteiger partial charge in [0.2, 0.25) is 0 Å². The summed E-state index contributed by atoms with van der Waals surface area (Å²) in [6.07, 6.45) is 12.8. The van der Waals surface area contributed by atoms with E-state index in [0.29, 0.717) is 12.1 Å². The number of hydrogen-bond acceptors (Lipinski definition) is 3. The van der Waals surface area contributed by atoms with Crippen LogP contribution in [0.1, 0.15) is 64.2 Å². The van der Waals surface area contributed by atoms with Crippen LogP contribution in [0.25, 0.3) is 0 Å². The summed E-state index contributed by atoms with van der Waals surface area (Å²) >= 11 is 0. The zero-order valence-electron chi connectivity index (χ0n) is 13.8. The molecule has 4 heteroatoms. The fourth-order valence-corrected chi connectivity index (χ4v) is 4.75. The van der Waals surface area contributed by atoms with Crippen molar-refractivity contribution in [3.8, 4) is 0 Å². The third kappa shape index (κ3) is 4.23. The SMILES string of the molecule is O=C(O)C1CC(NCC2CCCCC2)CN(C2CCCC2)C1. The smallest absolute Gasteiger partial charge is 0.307 e. The Morgan fingerprint density at radius 3 is 2.36 bits per heavy atom. The Labute approximate surface area is 134 Å². The van der Waals surface area contributed by atoms with Gasteiger partial charge in [-0.1, -0.05) is 32.1 Å². The quantitative estimate of drug-likeness (QED) is 0.820. The largest absolute Gasteiger partial charge is 0.481 e. The molecule has 22 heavy (non-hydrogen) atoms. The van der Waals surface area contributed by atoms with Crippen molar-refractivity contribution >= 4 is 5.97 Å². The minimum absolute atomic E-state index is 0.182. The molecule has 2 unspecified atom stereocenters. The lowest BCUT2D eigenvalue weighted by Gasteiger charge is -2.40. The predicted molar refractivity (Wildman–Crippen MR) is 87.9 cm³/mol. The monoisotopic (exact) mass is 308 g/mol. The average Bonchev–Trinajstić information content (AvgIpc) is 3.08. The van der Waals surface area contributed by atoms with Crippen molar-refractivity contribution in [1.82, 2.24) is 10.2 Å². The van der Waals surface area contributed by atoms with Crippen molar-refractivity contribution in [2.75, 3.05) is 19.6 Å². The molecule has 3 aliphatic rings. The summed E-state index contributed by atoms with van der Waals surface area (Å²) < 4.78 is 0. The van der Waals surface area contributed by atoms with Gasteiger partial charge in [0.1, 0.15) is 0 Å². The molecule has 3 fully saturated rings. The van der Waals surface area contributed by atoms with Crippen molar-refractivity contribution < 1.29 is 9.90 Å². The molecule has 126 valence electrons. The molecule has 0 aromatic carbocycles. The van der Waals surface area contributed by atoms with E-state index in [4.69, 9.17) is 0 Å². The summed E-state index contributed by atoms with van der Waals surface area (Å²) in [5, 5.41) is 13.2. The first-order chi connectivity index (χ1) is 10.7. The van der Waals surface area contributed by atoms with E-state index in [0.717, 1.165) is 32.0 Å². The third-order valence-corrected chi connectivity index (χ3v) is 6.09. The van der Waals surface area contributed by atoms with Gasteiger partial charge in [0.25, 0.3) is 0 Å². The van der Waals surface area contributed by atoms with E-state index in [1.54, 1.807) is 0 Å². The highest BCUT2D eigenvalue weighted by Gasteiger charge is 2.35. The molecule has 0 aromatic heterocycles. The maximum absolute atomic E-state index is 11.5. The number of nitrogens with zero attached hydrogens (tertiary/aromatic N) is 1. The molecule has 3 rings (SSSR count). The molecule has 0 radical (unpaired) electrons. The minimum atomic E-state index is -0.604. The zero-order valence-corrected chi connectivity index (χ0v) is 13.8. The summed E-state index contributed by atoms with van der Waals surface area (Å²) in [5.41, 5.74) is 0. The summed E-state index contributed by atoms with van der Waals surface area (Å²) in [7, 11) is 0. The molecule has 1 saturated heterocycles. The van der Waals surface area contributed by atoms with Crippen LogP contribution in [0.3, 0.4) is 0 Å². The second-order valence-corrected chi connectivity index (χ2v) is 7.77. The van der Waals surface area contributed by atoms with E-state index in [-0.39, 0.29) is 5.92 Å². The van der Waals surface area contributed by atoms with Crippen LogP contribution in [0.2, 0.25) is 0 Å². The average molecular weight is 308 g/mol. The number of nitrogens with one attached hydrogen (secondary N) is 1. The maximum Gasteiger partial charge on any atom is 0.307 e. The van der Waals surface area contributed by atoms with Gasteiger partial charge in [0.15, 0.2) is 0 Å². The van der Waals surface area contributed by atoms with Gasteiger partial charge < -0.3 is 10.4 Å². The topological polar surface area (TPSA) is 52.6 Å². The van der Waals surface area contributed by atoms with E-state index in [1.807, 2.05) is 0 Å². The molecule has 2 atom stereocenters. The molecule has 2 N–H and O–H groups in total. The number of rotatable bonds is 5. The van der Waals surface area contributed by atoms with E-state index in [1.165, 1.54) is 57.8 Å². The van der Waals surface area contributed by atoms with Gasteiger partial charge in [-0.05, 0) is 44.6 Å². The maximum atomic E-state index is 11.5. The van der Waals surface area contributed by atoms with Crippen LogP contribution >= 0.6 is 0 Å². The molecule has 0 bridgehead atoms. The predicted octanol–water partition coefficient (Wildman–Crippen LogP) is 2.87. The minimum Gasteiger partial charge on any atom is -0.481 e. The van der Waals surface area contributed by atoms with Crippen LogP contribution < -0.4 is 5.32 Å². The van der Waals surface area contributed by atoms with Crippen molar-refractivity contribution in [3.63, 3.8) is 0 Å². The van der Waals surface area contributed by atoms with Crippen LogP contribution in [0.15, 0.2) is 0 Å². The van der Waals surface area contributed by atoms with Gasteiger partial charge in [0, 0.05) is 25.2 Å². The van der Waals surface area contributed by atoms with E-state index >= 15 is 0 Å². The highest BCUT2D eigenvalue weighted by Crippen LogP contribution is 2.29. The van der Waals surface area contributed by atoms with Crippen molar-refractivity contribution in [2.24, 2.45) is 11.8 Å². The first kappa shape index (κ1) is 16.3. The van der Waals surface area contributed by atoms with E-state index in [2.05, 4.69) is 10.2 Å². The van der Waals surface area contributed by atoms with Gasteiger partial charge >= 0.3 is 5.97 Å². The second-order valence-electron chi connectivity index (χ2n) is 7.77. The van der Waals surface area contributed by atoms with Gasteiger partial charge in [0.05, 0.1) is 5.92 Å². The Balaban J connectivity index is 1.53. The van der Waals surface area contributed by atoms with Crippen LogP contribution in [-0.2, 0) is 4.79 Å². The Morgan fingerprint density at radius 1 is 1.00 bits per heavy atom. The van der Waals surface area contributed by atoms with E-state index in [9.17, 15) is 9.90 Å². The normalized spacial score (nSPS) is 32.4. The summed E-state index contributed by atoms with van der Waals surface area (Å²) in [5.74, 6) is 0.0317. The van der Waals surface area contributed by atoms with Crippen LogP contribution in [0.4, 0.5) is 0 Å². The molecular weight excluding hydrogens is 276 g/mol. The van der Waals surface area contributed by atoms with Crippen LogP contribution in [-0.4, -0.2) is 47.7 Å². The molecule has 0 spiro atoms. The third-order valence-electron chi connectivity index (χ3n) is 6.09. The summed E-state index contributed by atoms with van der Waals surface area (Å²) in [6.45, 7) is 2.91. The lowest BCUT2D eigenvalue weighted by molar-refractivity contribution is -0.144. The van der Waals surface area contributed by atoms with Gasteiger partial charge in [-0.3, -0.25) is 9.69 Å². The number of carboxylic acid groups (broad SMARTS) is 1. The Kier molecular flexibility index (Phi) is 5.75. The second kappa shape index (κ2) is 7.78. The lowest BCUT2D eigenvalue weighted by atomic mass is 9.88. The highest BCUT2D eigenvalue weighted by molar-refractivity contribution is 5.70. The zero-order chi connectivity index (χ0) is 15.4. The molecule has 1 heterocycles. The van der Waals surface area contributed by atoms with Gasteiger partial charge in [-0.15, -0.1) is 0 Å². The Bertz CT molecular complexity index is 362. The number of piperidine rings is 1. The first-order valence-electron chi connectivity index (χ1n) is 9.42. The first-order valence-corrected chi connectivity index (χ1v) is 9.42. The standard InChI is InChI=1S/C18H32N2O2/c21-18(22)15-10-16(19-11-14-6-2-1-3-7-14)13-20(12-15)17-8-4-5-9-17/h14-17,19H,1-13H2,(H,21,22). The molecule has 2 aliphatic carbocycles. The molecule has 4 nitrogen and oxygen atoms in total. The lowest BCUT2D eigenvalue weighted by Crippen LogP contribution is -2.54. The number of carboxylic acids is 1. The van der Waals surface area contributed by atoms with Crippen molar-refractivity contribution in [2.45, 2.75) is 76.3 Å². The summed E-state index contributed by atoms with van der Waals surface area (Å²) in [4.78, 5) is 14.0.